The van der Waals surface area contributed by atoms with Crippen molar-refractivity contribution in [2.45, 2.75) is 43.5 Å². The van der Waals surface area contributed by atoms with Gasteiger partial charge in [0.2, 0.25) is 5.91 Å². The number of rotatable bonds is 5. The van der Waals surface area contributed by atoms with Crippen LogP contribution >= 0.6 is 0 Å². The van der Waals surface area contributed by atoms with E-state index in [1.165, 1.54) is 6.07 Å². The standard InChI is InChI=1S/C24H27FN2O4/c25-20-9-16(8-15-6-7-22(29)26-23(15)20)21(28)13-27-12-17-10-19(11-24(17,30)14-27)31-18-4-2-1-3-5-18/h1-5,8-9,17,19,21,28,30H,6-7,10-14H2,(H,26,29)/t17-,19+,21?,24-/m1/s1. The fraction of sp³-hybridized carbons (Fsp3) is 0.458. The lowest BCUT2D eigenvalue weighted by molar-refractivity contribution is -0.116. The number of benzene rings is 2. The number of likely N-dealkylation sites (tertiary alicyclic amines) is 1. The quantitative estimate of drug-likeness (QED) is 0.685. The lowest BCUT2D eigenvalue weighted by atomic mass is 9.95. The Hall–Kier alpha value is -2.48. The van der Waals surface area contributed by atoms with Gasteiger partial charge in [-0.1, -0.05) is 24.3 Å². The van der Waals surface area contributed by atoms with Gasteiger partial charge in [0, 0.05) is 38.4 Å². The number of para-hydroxylation sites is 1. The Labute approximate surface area is 180 Å². The normalized spacial score (nSPS) is 28.7. The van der Waals surface area contributed by atoms with Gasteiger partial charge in [-0.15, -0.1) is 0 Å². The number of carbonyl (C=O) groups is 1. The van der Waals surface area contributed by atoms with Crippen molar-refractivity contribution in [3.8, 4) is 5.75 Å². The molecule has 2 aliphatic heterocycles. The highest BCUT2D eigenvalue weighted by Crippen LogP contribution is 2.43. The van der Waals surface area contributed by atoms with E-state index in [1.54, 1.807) is 6.07 Å². The number of aryl methyl sites for hydroxylation is 1. The molecule has 1 aliphatic carbocycles. The highest BCUT2D eigenvalue weighted by Gasteiger charge is 2.52. The van der Waals surface area contributed by atoms with Gasteiger partial charge in [0.1, 0.15) is 17.7 Å². The largest absolute Gasteiger partial charge is 0.490 e. The fourth-order valence-corrected chi connectivity index (χ4v) is 5.32. The van der Waals surface area contributed by atoms with Crippen molar-refractivity contribution in [2.75, 3.05) is 25.0 Å². The predicted molar refractivity (Wildman–Crippen MR) is 113 cm³/mol. The monoisotopic (exact) mass is 426 g/mol. The number of aliphatic hydroxyl groups excluding tert-OH is 1. The molecule has 1 saturated carbocycles. The zero-order chi connectivity index (χ0) is 21.6. The van der Waals surface area contributed by atoms with Crippen LogP contribution in [0.5, 0.6) is 5.75 Å². The highest BCUT2D eigenvalue weighted by molar-refractivity contribution is 5.94. The Morgan fingerprint density at radius 2 is 2.06 bits per heavy atom. The van der Waals surface area contributed by atoms with Crippen molar-refractivity contribution < 1.29 is 24.1 Å². The summed E-state index contributed by atoms with van der Waals surface area (Å²) in [7, 11) is 0. The molecule has 2 fully saturated rings. The lowest BCUT2D eigenvalue weighted by Crippen LogP contribution is -2.36. The summed E-state index contributed by atoms with van der Waals surface area (Å²) in [5.74, 6) is 0.196. The van der Waals surface area contributed by atoms with Crippen molar-refractivity contribution in [1.29, 1.82) is 0 Å². The smallest absolute Gasteiger partial charge is 0.224 e. The molecule has 1 saturated heterocycles. The van der Waals surface area contributed by atoms with Crippen LogP contribution in [0.4, 0.5) is 10.1 Å². The number of β-amino-alcohol motifs (C(OH)–C–C–N with tert-alkyl or cyclic N) is 2. The summed E-state index contributed by atoms with van der Waals surface area (Å²) < 4.78 is 20.5. The topological polar surface area (TPSA) is 82.0 Å². The molecule has 1 unspecified atom stereocenters. The van der Waals surface area contributed by atoms with Crippen LogP contribution in [0.2, 0.25) is 0 Å². The van der Waals surface area contributed by atoms with E-state index in [4.69, 9.17) is 4.74 Å². The van der Waals surface area contributed by atoms with Crippen molar-refractivity contribution >= 4 is 11.6 Å². The van der Waals surface area contributed by atoms with Crippen LogP contribution in [0.3, 0.4) is 0 Å². The van der Waals surface area contributed by atoms with E-state index >= 15 is 0 Å². The molecule has 2 aromatic carbocycles. The average Bonchev–Trinajstić information content (AvgIpc) is 3.19. The first-order chi connectivity index (χ1) is 14.9. The second-order valence-electron chi connectivity index (χ2n) is 9.09. The Balaban J connectivity index is 1.21. The van der Waals surface area contributed by atoms with Crippen LogP contribution < -0.4 is 10.1 Å². The Bertz CT molecular complexity index is 985. The zero-order valence-corrected chi connectivity index (χ0v) is 17.3. The minimum Gasteiger partial charge on any atom is -0.490 e. The van der Waals surface area contributed by atoms with Crippen molar-refractivity contribution in [1.82, 2.24) is 4.90 Å². The van der Waals surface area contributed by atoms with Gasteiger partial charge in [0.15, 0.2) is 0 Å². The van der Waals surface area contributed by atoms with Crippen molar-refractivity contribution in [3.63, 3.8) is 0 Å². The van der Waals surface area contributed by atoms with Crippen LogP contribution in [0.15, 0.2) is 42.5 Å². The van der Waals surface area contributed by atoms with Gasteiger partial charge in [-0.2, -0.15) is 0 Å². The number of carbonyl (C=O) groups excluding carboxylic acids is 1. The molecule has 0 spiro atoms. The molecule has 0 radical (unpaired) electrons. The number of nitrogens with zero attached hydrogens (tertiary/aromatic N) is 1. The Morgan fingerprint density at radius 3 is 2.84 bits per heavy atom. The Morgan fingerprint density at radius 1 is 1.26 bits per heavy atom. The maximum absolute atomic E-state index is 14.5. The molecule has 2 aromatic rings. The molecule has 31 heavy (non-hydrogen) atoms. The number of halogens is 1. The van der Waals surface area contributed by atoms with Gasteiger partial charge >= 0.3 is 0 Å². The molecule has 4 atom stereocenters. The van der Waals surface area contributed by atoms with Gasteiger partial charge in [-0.25, -0.2) is 4.39 Å². The average molecular weight is 426 g/mol. The molecule has 1 amide bonds. The first-order valence-corrected chi connectivity index (χ1v) is 10.9. The number of nitrogens with one attached hydrogen (secondary N) is 1. The molecule has 2 heterocycles. The SMILES string of the molecule is O=C1CCc2cc(C(O)CN3C[C@H]4C[C@H](Oc5ccccc5)C[C@@]4(O)C3)cc(F)c2N1. The van der Waals surface area contributed by atoms with Crippen LogP contribution in [-0.4, -0.2) is 52.4 Å². The van der Waals surface area contributed by atoms with Crippen LogP contribution in [0.25, 0.3) is 0 Å². The highest BCUT2D eigenvalue weighted by atomic mass is 19.1. The number of hydrogen-bond acceptors (Lipinski definition) is 5. The predicted octanol–water partition coefficient (Wildman–Crippen LogP) is 2.65. The summed E-state index contributed by atoms with van der Waals surface area (Å²) in [4.78, 5) is 13.6. The summed E-state index contributed by atoms with van der Waals surface area (Å²) in [6, 6.07) is 12.7. The fourth-order valence-electron chi connectivity index (χ4n) is 5.32. The molecular weight excluding hydrogens is 399 g/mol. The van der Waals surface area contributed by atoms with Crippen LogP contribution in [0.1, 0.15) is 36.5 Å². The third kappa shape index (κ3) is 4.05. The molecule has 5 rings (SSSR count). The van der Waals surface area contributed by atoms with E-state index in [2.05, 4.69) is 5.32 Å². The van der Waals surface area contributed by atoms with E-state index in [0.717, 1.165) is 12.2 Å². The number of anilines is 1. The maximum Gasteiger partial charge on any atom is 0.224 e. The van der Waals surface area contributed by atoms with E-state index < -0.39 is 17.5 Å². The molecule has 7 heteroatoms. The lowest BCUT2D eigenvalue weighted by Gasteiger charge is -2.26. The molecule has 0 aromatic heterocycles. The van der Waals surface area contributed by atoms with Gasteiger partial charge < -0.3 is 20.3 Å². The summed E-state index contributed by atoms with van der Waals surface area (Å²) in [5, 5.41) is 24.5. The number of hydrogen-bond donors (Lipinski definition) is 3. The Kier molecular flexibility index (Phi) is 5.20. The van der Waals surface area contributed by atoms with Gasteiger partial charge in [0.25, 0.3) is 0 Å². The number of ether oxygens (including phenoxy) is 1. The summed E-state index contributed by atoms with van der Waals surface area (Å²) in [6.45, 7) is 1.46. The molecule has 164 valence electrons. The van der Waals surface area contributed by atoms with Crippen LogP contribution in [0, 0.1) is 11.7 Å². The third-order valence-electron chi connectivity index (χ3n) is 6.81. The second-order valence-corrected chi connectivity index (χ2v) is 9.09. The number of fused-ring (bicyclic) bond motifs is 2. The van der Waals surface area contributed by atoms with Crippen molar-refractivity contribution in [3.05, 3.63) is 59.4 Å². The van der Waals surface area contributed by atoms with E-state index in [0.29, 0.717) is 50.0 Å². The van der Waals surface area contributed by atoms with E-state index in [-0.39, 0.29) is 23.6 Å². The molecule has 0 bridgehead atoms. The minimum absolute atomic E-state index is 0.0191. The summed E-state index contributed by atoms with van der Waals surface area (Å²) >= 11 is 0. The maximum atomic E-state index is 14.5. The zero-order valence-electron chi connectivity index (χ0n) is 17.3. The first kappa shape index (κ1) is 20.4. The second kappa shape index (κ2) is 7.89. The van der Waals surface area contributed by atoms with Gasteiger partial charge in [-0.3, -0.25) is 9.69 Å². The molecule has 3 aliphatic rings. The number of amides is 1. The molecular formula is C24H27FN2O4. The molecule has 3 N–H and O–H groups in total. The number of aliphatic hydroxyl groups is 2. The summed E-state index contributed by atoms with van der Waals surface area (Å²) in [6.07, 6.45) is 1.23. The van der Waals surface area contributed by atoms with Gasteiger partial charge in [-0.05, 0) is 42.2 Å². The molecule has 6 nitrogen and oxygen atoms in total. The van der Waals surface area contributed by atoms with Crippen LogP contribution in [-0.2, 0) is 11.2 Å². The van der Waals surface area contributed by atoms with Crippen molar-refractivity contribution in [2.24, 2.45) is 5.92 Å². The first-order valence-electron chi connectivity index (χ1n) is 10.9. The minimum atomic E-state index is -0.865. The van der Waals surface area contributed by atoms with E-state index in [9.17, 15) is 19.4 Å². The van der Waals surface area contributed by atoms with Gasteiger partial charge in [0.05, 0.1) is 17.4 Å². The third-order valence-corrected chi connectivity index (χ3v) is 6.81. The summed E-state index contributed by atoms with van der Waals surface area (Å²) in [5.41, 5.74) is 0.611. The van der Waals surface area contributed by atoms with E-state index in [1.807, 2.05) is 35.2 Å².